The smallest absolute Gasteiger partial charge is 0.271 e. The van der Waals surface area contributed by atoms with Crippen LogP contribution in [0.4, 0.5) is 4.39 Å². The van der Waals surface area contributed by atoms with Crippen LogP contribution in [0.25, 0.3) is 0 Å². The third-order valence-corrected chi connectivity index (χ3v) is 7.68. The highest BCUT2D eigenvalue weighted by atomic mass is 32.1. The topological polar surface area (TPSA) is 142 Å². The molecular formula is C29H33FN6O4S. The molecule has 2 aromatic heterocycles. The third-order valence-electron chi connectivity index (χ3n) is 6.75. The van der Waals surface area contributed by atoms with Crippen molar-refractivity contribution in [2.75, 3.05) is 6.54 Å². The Balaban J connectivity index is 1.58. The molecule has 0 saturated carbocycles. The van der Waals surface area contributed by atoms with Crippen LogP contribution in [0.2, 0.25) is 0 Å². The van der Waals surface area contributed by atoms with Gasteiger partial charge in [-0.25, -0.2) is 9.37 Å². The summed E-state index contributed by atoms with van der Waals surface area (Å²) in [6.07, 6.45) is 3.81. The van der Waals surface area contributed by atoms with E-state index in [2.05, 4.69) is 31.2 Å². The van der Waals surface area contributed by atoms with Crippen LogP contribution in [0.15, 0.2) is 54.2 Å². The number of amides is 4. The molecule has 0 unspecified atom stereocenters. The number of fused-ring (bicyclic) bond motifs is 2. The number of nitrogens with zero attached hydrogens (tertiary/aromatic N) is 2. The summed E-state index contributed by atoms with van der Waals surface area (Å²) in [6, 6.07) is 8.33. The first kappa shape index (κ1) is 29.8. The van der Waals surface area contributed by atoms with E-state index in [1.54, 1.807) is 5.38 Å². The molecule has 2 bridgehead atoms. The number of carbonyl (C=O) groups excluding carboxylic acids is 4. The van der Waals surface area contributed by atoms with Crippen molar-refractivity contribution in [3.05, 3.63) is 81.8 Å². The van der Waals surface area contributed by atoms with Crippen LogP contribution in [0, 0.1) is 11.7 Å². The first-order chi connectivity index (χ1) is 19.7. The molecule has 4 N–H and O–H groups in total. The number of thiazole rings is 1. The van der Waals surface area contributed by atoms with Gasteiger partial charge in [0.2, 0.25) is 11.8 Å². The van der Waals surface area contributed by atoms with E-state index in [1.807, 2.05) is 44.2 Å². The Morgan fingerprint density at radius 3 is 2.61 bits per heavy atom. The van der Waals surface area contributed by atoms with Gasteiger partial charge in [0.05, 0.1) is 17.8 Å². The molecule has 216 valence electrons. The maximum atomic E-state index is 14.2. The monoisotopic (exact) mass is 580 g/mol. The lowest BCUT2D eigenvalue weighted by Crippen LogP contribution is -2.49. The van der Waals surface area contributed by atoms with Crippen molar-refractivity contribution >= 4 is 35.0 Å². The highest BCUT2D eigenvalue weighted by molar-refractivity contribution is 7.09. The Hall–Kier alpha value is -4.19. The summed E-state index contributed by atoms with van der Waals surface area (Å²) in [4.78, 5) is 60.7. The Morgan fingerprint density at radius 2 is 1.88 bits per heavy atom. The summed E-state index contributed by atoms with van der Waals surface area (Å²) in [5.74, 6) is -2.89. The van der Waals surface area contributed by atoms with Gasteiger partial charge in [-0.05, 0) is 36.8 Å². The first-order valence-electron chi connectivity index (χ1n) is 13.5. The van der Waals surface area contributed by atoms with Crippen molar-refractivity contribution in [1.82, 2.24) is 31.2 Å². The molecule has 1 aromatic carbocycles. The number of rotatable bonds is 5. The molecule has 3 atom stereocenters. The minimum Gasteiger partial charge on any atom is -0.354 e. The fourth-order valence-electron chi connectivity index (χ4n) is 4.47. The molecule has 3 aromatic rings. The zero-order chi connectivity index (χ0) is 29.4. The number of nitrogens with one attached hydrogen (secondary N) is 4. The fraction of sp³-hybridized carbons (Fsp3) is 0.379. The van der Waals surface area contributed by atoms with Gasteiger partial charge in [-0.1, -0.05) is 44.2 Å². The second-order valence-corrected chi connectivity index (χ2v) is 11.1. The van der Waals surface area contributed by atoms with Crippen molar-refractivity contribution in [2.45, 2.75) is 57.7 Å². The summed E-state index contributed by atoms with van der Waals surface area (Å²) in [5.41, 5.74) is 0.821. The van der Waals surface area contributed by atoms with Crippen LogP contribution in [-0.2, 0) is 16.0 Å². The predicted octanol–water partition coefficient (Wildman–Crippen LogP) is 2.93. The van der Waals surface area contributed by atoms with Gasteiger partial charge in [0.1, 0.15) is 22.8 Å². The van der Waals surface area contributed by atoms with Gasteiger partial charge >= 0.3 is 0 Å². The van der Waals surface area contributed by atoms with Crippen molar-refractivity contribution in [1.29, 1.82) is 0 Å². The maximum absolute atomic E-state index is 14.2. The van der Waals surface area contributed by atoms with E-state index in [-0.39, 0.29) is 29.5 Å². The van der Waals surface area contributed by atoms with Crippen molar-refractivity contribution in [2.24, 2.45) is 5.92 Å². The number of halogens is 1. The van der Waals surface area contributed by atoms with Gasteiger partial charge in [0, 0.05) is 24.5 Å². The highest BCUT2D eigenvalue weighted by Gasteiger charge is 2.30. The predicted molar refractivity (Wildman–Crippen MR) is 152 cm³/mol. The Bertz CT molecular complexity index is 1380. The molecule has 10 nitrogen and oxygen atoms in total. The van der Waals surface area contributed by atoms with Crippen molar-refractivity contribution in [3.8, 4) is 0 Å². The maximum Gasteiger partial charge on any atom is 0.271 e. The number of hydrogen-bond donors (Lipinski definition) is 4. The fourth-order valence-corrected chi connectivity index (χ4v) is 5.49. The Morgan fingerprint density at radius 1 is 1.10 bits per heavy atom. The number of pyridine rings is 1. The van der Waals surface area contributed by atoms with E-state index in [0.29, 0.717) is 30.8 Å². The van der Waals surface area contributed by atoms with Crippen LogP contribution in [0.1, 0.15) is 70.6 Å². The molecule has 4 amide bonds. The lowest BCUT2D eigenvalue weighted by Gasteiger charge is -2.25. The summed E-state index contributed by atoms with van der Waals surface area (Å²) in [7, 11) is 0. The van der Waals surface area contributed by atoms with E-state index in [4.69, 9.17) is 0 Å². The molecule has 1 aliphatic heterocycles. The van der Waals surface area contributed by atoms with Crippen molar-refractivity contribution in [3.63, 3.8) is 0 Å². The second kappa shape index (κ2) is 13.9. The van der Waals surface area contributed by atoms with E-state index in [0.717, 1.165) is 11.8 Å². The molecule has 0 aliphatic carbocycles. The number of benzene rings is 1. The largest absolute Gasteiger partial charge is 0.354 e. The number of hydrogen-bond acceptors (Lipinski definition) is 7. The highest BCUT2D eigenvalue weighted by Crippen LogP contribution is 2.26. The van der Waals surface area contributed by atoms with Gasteiger partial charge in [0.15, 0.2) is 5.82 Å². The van der Waals surface area contributed by atoms with E-state index < -0.39 is 41.7 Å². The molecule has 12 heteroatoms. The zero-order valence-corrected chi connectivity index (χ0v) is 23.7. The average Bonchev–Trinajstić information content (AvgIpc) is 3.44. The molecule has 4 rings (SSSR count). The quantitative estimate of drug-likeness (QED) is 0.366. The molecule has 1 aliphatic rings. The first-order valence-corrected chi connectivity index (χ1v) is 14.4. The van der Waals surface area contributed by atoms with Gasteiger partial charge in [-0.3, -0.25) is 24.2 Å². The molecule has 0 fully saturated rings. The van der Waals surface area contributed by atoms with Gasteiger partial charge < -0.3 is 21.3 Å². The van der Waals surface area contributed by atoms with Crippen LogP contribution < -0.4 is 21.3 Å². The summed E-state index contributed by atoms with van der Waals surface area (Å²) < 4.78 is 14.2. The van der Waals surface area contributed by atoms with Crippen LogP contribution in [0.5, 0.6) is 0 Å². The standard InChI is InChI=1S/C29H33FN6O4S/c1-17(2)24-29-35-23(16-41-29)28(40)34-22(14-18-8-4-3-5-9-18)26(38)32-12-7-6-10-21(27(39)36-24)33-25(37)19-11-13-31-15-20(19)30/h3-5,8-9,11,13,15-17,21-22,24H,6-7,10,12,14H2,1-2H3,(H,32,38)(H,33,37)(H,34,40)(H,36,39)/t21-,22+,24+/m0/s1. The van der Waals surface area contributed by atoms with Crippen LogP contribution in [0.3, 0.4) is 0 Å². The van der Waals surface area contributed by atoms with E-state index in [1.165, 1.54) is 23.6 Å². The van der Waals surface area contributed by atoms with Gasteiger partial charge in [0.25, 0.3) is 11.8 Å². The average molecular weight is 581 g/mol. The number of aromatic nitrogens is 2. The number of carbonyl (C=O) groups is 4. The molecular weight excluding hydrogens is 547 g/mol. The van der Waals surface area contributed by atoms with Crippen molar-refractivity contribution < 1.29 is 23.6 Å². The van der Waals surface area contributed by atoms with Gasteiger partial charge in [-0.2, -0.15) is 0 Å². The van der Waals surface area contributed by atoms with Gasteiger partial charge in [-0.15, -0.1) is 11.3 Å². The van der Waals surface area contributed by atoms with Crippen LogP contribution in [-0.4, -0.2) is 52.2 Å². The lowest BCUT2D eigenvalue weighted by molar-refractivity contribution is -0.124. The van der Waals surface area contributed by atoms with Crippen LogP contribution >= 0.6 is 11.3 Å². The molecule has 0 radical (unpaired) electrons. The SMILES string of the molecule is CC(C)[C@H]1NC(=O)[C@@H](NC(=O)c2ccncc2F)CCCCNC(=O)[C@@H](Cc2ccccc2)NC(=O)c2csc1n2. The summed E-state index contributed by atoms with van der Waals surface area (Å²) >= 11 is 1.22. The van der Waals surface area contributed by atoms with E-state index in [9.17, 15) is 23.6 Å². The molecule has 0 saturated heterocycles. The molecule has 3 heterocycles. The summed E-state index contributed by atoms with van der Waals surface area (Å²) in [6.45, 7) is 4.12. The minimum atomic E-state index is -0.964. The summed E-state index contributed by atoms with van der Waals surface area (Å²) in [5, 5.41) is 13.4. The van der Waals surface area contributed by atoms with E-state index >= 15 is 0 Å². The third kappa shape index (κ3) is 7.94. The second-order valence-electron chi connectivity index (χ2n) is 10.2. The lowest BCUT2D eigenvalue weighted by atomic mass is 10.0. The Kier molecular flexibility index (Phi) is 10.1. The normalized spacial score (nSPS) is 20.6. The minimum absolute atomic E-state index is 0.0921. The molecule has 0 spiro atoms. The molecule has 41 heavy (non-hydrogen) atoms. The zero-order valence-electron chi connectivity index (χ0n) is 22.9. The Labute approximate surface area is 241 Å².